The van der Waals surface area contributed by atoms with Crippen LogP contribution in [0.25, 0.3) is 0 Å². The Labute approximate surface area is 142 Å². The molecule has 0 bridgehead atoms. The Bertz CT molecular complexity index is 752. The van der Waals surface area contributed by atoms with E-state index < -0.39 is 0 Å². The number of benzene rings is 2. The number of hydrogen-bond acceptors (Lipinski definition) is 3. The van der Waals surface area contributed by atoms with Gasteiger partial charge in [-0.3, -0.25) is 4.79 Å². The van der Waals surface area contributed by atoms with Crippen LogP contribution in [0.2, 0.25) is 0 Å². The molecule has 1 aliphatic rings. The monoisotopic (exact) mass is 325 g/mol. The largest absolute Gasteiger partial charge is 0.486 e. The molecule has 0 aliphatic carbocycles. The Morgan fingerprint density at radius 1 is 1.08 bits per heavy atom. The van der Waals surface area contributed by atoms with Crippen LogP contribution in [0, 0.1) is 6.92 Å². The second-order valence-electron chi connectivity index (χ2n) is 6.79. The fraction of sp³-hybridized carbons (Fsp3) is 0.350. The minimum atomic E-state index is -0.213. The molecule has 1 amide bonds. The predicted octanol–water partition coefficient (Wildman–Crippen LogP) is 3.47. The predicted molar refractivity (Wildman–Crippen MR) is 94.0 cm³/mol. The normalized spacial score (nSPS) is 13.5. The fourth-order valence-corrected chi connectivity index (χ4v) is 2.76. The number of aryl methyl sites for hydroxylation is 1. The first-order valence-electron chi connectivity index (χ1n) is 8.21. The number of ether oxygens (including phenoxy) is 2. The summed E-state index contributed by atoms with van der Waals surface area (Å²) in [6.07, 6.45) is 0. The van der Waals surface area contributed by atoms with Crippen LogP contribution < -0.4 is 14.8 Å². The average molecular weight is 325 g/mol. The first-order chi connectivity index (χ1) is 11.5. The van der Waals surface area contributed by atoms with E-state index in [1.54, 1.807) is 0 Å². The number of hydrogen-bond donors (Lipinski definition) is 1. The third-order valence-corrected chi connectivity index (χ3v) is 4.29. The van der Waals surface area contributed by atoms with Gasteiger partial charge in [0.2, 0.25) is 0 Å². The van der Waals surface area contributed by atoms with E-state index in [0.717, 1.165) is 22.6 Å². The second kappa shape index (κ2) is 6.56. The van der Waals surface area contributed by atoms with Gasteiger partial charge in [0.25, 0.3) is 5.91 Å². The van der Waals surface area contributed by atoms with Gasteiger partial charge in [-0.15, -0.1) is 0 Å². The summed E-state index contributed by atoms with van der Waals surface area (Å²) in [5, 5.41) is 3.03. The van der Waals surface area contributed by atoms with Crippen molar-refractivity contribution in [3.05, 3.63) is 59.2 Å². The van der Waals surface area contributed by atoms with Gasteiger partial charge in [0.15, 0.2) is 11.5 Å². The van der Waals surface area contributed by atoms with E-state index in [4.69, 9.17) is 9.47 Å². The summed E-state index contributed by atoms with van der Waals surface area (Å²) in [5.74, 6) is 1.51. The highest BCUT2D eigenvalue weighted by Crippen LogP contribution is 2.34. The maximum absolute atomic E-state index is 12.4. The molecule has 4 nitrogen and oxygen atoms in total. The van der Waals surface area contributed by atoms with E-state index in [2.05, 4.69) is 19.2 Å². The molecule has 3 rings (SSSR count). The molecule has 1 N–H and O–H groups in total. The van der Waals surface area contributed by atoms with Crippen molar-refractivity contribution in [1.29, 1.82) is 0 Å². The lowest BCUT2D eigenvalue weighted by atomic mass is 9.84. The number of nitrogens with one attached hydrogen (secondary N) is 1. The molecule has 24 heavy (non-hydrogen) atoms. The molecule has 1 aliphatic heterocycles. The molecular formula is C20H23NO3. The van der Waals surface area contributed by atoms with Crippen LogP contribution in [0.5, 0.6) is 11.5 Å². The highest BCUT2D eigenvalue weighted by Gasteiger charge is 2.24. The zero-order chi connectivity index (χ0) is 17.2. The molecule has 4 heteroatoms. The van der Waals surface area contributed by atoms with Crippen molar-refractivity contribution in [2.24, 2.45) is 0 Å². The highest BCUT2D eigenvalue weighted by molar-refractivity contribution is 5.94. The lowest BCUT2D eigenvalue weighted by Crippen LogP contribution is -2.36. The first-order valence-corrected chi connectivity index (χ1v) is 8.21. The van der Waals surface area contributed by atoms with Crippen molar-refractivity contribution < 1.29 is 14.3 Å². The summed E-state index contributed by atoms with van der Waals surface area (Å²) < 4.78 is 11.2. The van der Waals surface area contributed by atoms with Crippen LogP contribution in [0.3, 0.4) is 0 Å². The van der Waals surface area contributed by atoms with Crippen LogP contribution in [0.1, 0.15) is 35.3 Å². The lowest BCUT2D eigenvalue weighted by Gasteiger charge is -2.28. The zero-order valence-electron chi connectivity index (χ0n) is 14.4. The zero-order valence-corrected chi connectivity index (χ0v) is 14.4. The second-order valence-corrected chi connectivity index (χ2v) is 6.79. The summed E-state index contributed by atoms with van der Waals surface area (Å²) in [6, 6.07) is 13.6. The summed E-state index contributed by atoms with van der Waals surface area (Å²) in [4.78, 5) is 12.4. The van der Waals surface area contributed by atoms with Gasteiger partial charge in [-0.2, -0.15) is 0 Å². The third kappa shape index (κ3) is 3.53. The van der Waals surface area contributed by atoms with Crippen molar-refractivity contribution in [2.45, 2.75) is 26.2 Å². The highest BCUT2D eigenvalue weighted by atomic mass is 16.6. The standard InChI is InChI=1S/C20H23NO3/c1-14-5-4-6-15(11-14)19(22)21-13-20(2,3)16-7-8-17-18(12-16)24-10-9-23-17/h4-8,11-12H,9-10,13H2,1-3H3,(H,21,22). The first kappa shape index (κ1) is 16.4. The third-order valence-electron chi connectivity index (χ3n) is 4.29. The summed E-state index contributed by atoms with van der Waals surface area (Å²) in [6.45, 7) is 7.89. The van der Waals surface area contributed by atoms with E-state index in [1.165, 1.54) is 0 Å². The molecule has 0 saturated carbocycles. The Morgan fingerprint density at radius 2 is 1.83 bits per heavy atom. The van der Waals surface area contributed by atoms with Gasteiger partial charge in [0.05, 0.1) is 0 Å². The minimum absolute atomic E-state index is 0.0516. The van der Waals surface area contributed by atoms with Gasteiger partial charge in [-0.25, -0.2) is 0 Å². The van der Waals surface area contributed by atoms with E-state index in [9.17, 15) is 4.79 Å². The van der Waals surface area contributed by atoms with Crippen molar-refractivity contribution in [2.75, 3.05) is 19.8 Å². The van der Waals surface area contributed by atoms with E-state index in [1.807, 2.05) is 49.4 Å². The van der Waals surface area contributed by atoms with Crippen LogP contribution in [-0.4, -0.2) is 25.7 Å². The van der Waals surface area contributed by atoms with Crippen LogP contribution >= 0.6 is 0 Å². The minimum Gasteiger partial charge on any atom is -0.486 e. The van der Waals surface area contributed by atoms with E-state index in [-0.39, 0.29) is 11.3 Å². The van der Waals surface area contributed by atoms with Crippen molar-refractivity contribution in [3.8, 4) is 11.5 Å². The molecule has 0 atom stereocenters. The molecule has 126 valence electrons. The van der Waals surface area contributed by atoms with Gasteiger partial charge < -0.3 is 14.8 Å². The number of carbonyl (C=O) groups excluding carboxylic acids is 1. The fourth-order valence-electron chi connectivity index (χ4n) is 2.76. The molecule has 0 radical (unpaired) electrons. The molecule has 0 saturated heterocycles. The molecule has 1 heterocycles. The summed E-state index contributed by atoms with van der Waals surface area (Å²) in [5.41, 5.74) is 2.66. The molecule has 0 spiro atoms. The maximum atomic E-state index is 12.4. The summed E-state index contributed by atoms with van der Waals surface area (Å²) >= 11 is 0. The Balaban J connectivity index is 1.70. The number of carbonyl (C=O) groups is 1. The quantitative estimate of drug-likeness (QED) is 0.936. The van der Waals surface area contributed by atoms with Crippen molar-refractivity contribution in [1.82, 2.24) is 5.32 Å². The van der Waals surface area contributed by atoms with Crippen LogP contribution in [0.4, 0.5) is 0 Å². The molecular weight excluding hydrogens is 302 g/mol. The number of fused-ring (bicyclic) bond motifs is 1. The SMILES string of the molecule is Cc1cccc(C(=O)NCC(C)(C)c2ccc3c(c2)OCCO3)c1. The van der Waals surface area contributed by atoms with Crippen LogP contribution in [0.15, 0.2) is 42.5 Å². The van der Waals surface area contributed by atoms with Gasteiger partial charge >= 0.3 is 0 Å². The maximum Gasteiger partial charge on any atom is 0.251 e. The Hall–Kier alpha value is -2.49. The lowest BCUT2D eigenvalue weighted by molar-refractivity contribution is 0.0945. The Morgan fingerprint density at radius 3 is 2.58 bits per heavy atom. The number of rotatable bonds is 4. The molecule has 0 fully saturated rings. The van der Waals surface area contributed by atoms with Crippen molar-refractivity contribution >= 4 is 5.91 Å². The molecule has 0 aromatic heterocycles. The van der Waals surface area contributed by atoms with Gasteiger partial charge in [-0.1, -0.05) is 37.6 Å². The number of amides is 1. The van der Waals surface area contributed by atoms with Crippen LogP contribution in [-0.2, 0) is 5.41 Å². The topological polar surface area (TPSA) is 47.6 Å². The van der Waals surface area contributed by atoms with Gasteiger partial charge in [-0.05, 0) is 36.8 Å². The molecule has 0 unspecified atom stereocenters. The smallest absolute Gasteiger partial charge is 0.251 e. The Kier molecular flexibility index (Phi) is 4.47. The van der Waals surface area contributed by atoms with E-state index >= 15 is 0 Å². The summed E-state index contributed by atoms with van der Waals surface area (Å²) in [7, 11) is 0. The molecule has 2 aromatic carbocycles. The van der Waals surface area contributed by atoms with Crippen molar-refractivity contribution in [3.63, 3.8) is 0 Å². The van der Waals surface area contributed by atoms with Gasteiger partial charge in [0.1, 0.15) is 13.2 Å². The van der Waals surface area contributed by atoms with E-state index in [0.29, 0.717) is 25.3 Å². The van der Waals surface area contributed by atoms with Gasteiger partial charge in [0, 0.05) is 17.5 Å². The average Bonchev–Trinajstić information content (AvgIpc) is 2.59. The molecule has 2 aromatic rings.